The summed E-state index contributed by atoms with van der Waals surface area (Å²) in [6, 6.07) is 5.74. The van der Waals surface area contributed by atoms with E-state index in [0.717, 1.165) is 17.1 Å². The lowest BCUT2D eigenvalue weighted by Crippen LogP contribution is -2.33. The van der Waals surface area contributed by atoms with E-state index in [1.54, 1.807) is 20.4 Å². The quantitative estimate of drug-likeness (QED) is 0.610. The second-order valence-electron chi connectivity index (χ2n) is 5.37. The molecule has 7 heteroatoms. The number of hydrogen-bond donors (Lipinski definition) is 0. The van der Waals surface area contributed by atoms with E-state index in [9.17, 15) is 4.79 Å². The molecule has 0 unspecified atom stereocenters. The summed E-state index contributed by atoms with van der Waals surface area (Å²) in [7, 11) is 3.27. The first-order valence-corrected chi connectivity index (χ1v) is 8.78. The van der Waals surface area contributed by atoms with E-state index in [0.29, 0.717) is 36.0 Å². The van der Waals surface area contributed by atoms with Crippen LogP contribution in [0.4, 0.5) is 5.82 Å². The molecule has 24 heavy (non-hydrogen) atoms. The van der Waals surface area contributed by atoms with Crippen LogP contribution in [0.25, 0.3) is 0 Å². The number of methoxy groups -OCH3 is 2. The van der Waals surface area contributed by atoms with Gasteiger partial charge in [-0.15, -0.1) is 0 Å². The van der Waals surface area contributed by atoms with Crippen molar-refractivity contribution in [3.63, 3.8) is 0 Å². The standard InChI is InChI=1S/C17H19N3O3S/c1-22-12-5-4-11(15(8-12)23-2)10-20-7-6-14(21)13-9-18-17(24-3)19-16(13)20/h4-5,8-9H,6-7,10H2,1-3H3. The van der Waals surface area contributed by atoms with Gasteiger partial charge in [0.1, 0.15) is 17.3 Å². The Morgan fingerprint density at radius 1 is 1.29 bits per heavy atom. The molecule has 2 aromatic rings. The topological polar surface area (TPSA) is 64.5 Å². The summed E-state index contributed by atoms with van der Waals surface area (Å²) in [6.45, 7) is 1.24. The van der Waals surface area contributed by atoms with Crippen LogP contribution in [-0.2, 0) is 6.54 Å². The van der Waals surface area contributed by atoms with E-state index in [1.165, 1.54) is 11.8 Å². The predicted octanol–water partition coefficient (Wildman–Crippen LogP) is 2.81. The van der Waals surface area contributed by atoms with Crippen molar-refractivity contribution in [2.45, 2.75) is 18.1 Å². The zero-order valence-corrected chi connectivity index (χ0v) is 14.7. The number of hydrogen-bond acceptors (Lipinski definition) is 7. The second-order valence-corrected chi connectivity index (χ2v) is 6.14. The molecule has 0 amide bonds. The first kappa shape index (κ1) is 16.6. The fourth-order valence-corrected chi connectivity index (χ4v) is 3.05. The summed E-state index contributed by atoms with van der Waals surface area (Å²) in [5.74, 6) is 2.29. The maximum absolute atomic E-state index is 12.1. The van der Waals surface area contributed by atoms with Crippen LogP contribution >= 0.6 is 11.8 Å². The van der Waals surface area contributed by atoms with Gasteiger partial charge in [-0.05, 0) is 18.4 Å². The highest BCUT2D eigenvalue weighted by molar-refractivity contribution is 7.98. The minimum absolute atomic E-state index is 0.0931. The highest BCUT2D eigenvalue weighted by atomic mass is 32.2. The maximum atomic E-state index is 12.1. The summed E-state index contributed by atoms with van der Waals surface area (Å²) in [5.41, 5.74) is 1.61. The molecule has 1 aliphatic heterocycles. The molecule has 3 rings (SSSR count). The fraction of sp³-hybridized carbons (Fsp3) is 0.353. The third-order valence-electron chi connectivity index (χ3n) is 3.99. The largest absolute Gasteiger partial charge is 0.497 e. The molecule has 0 saturated carbocycles. The minimum atomic E-state index is 0.0931. The van der Waals surface area contributed by atoms with Gasteiger partial charge in [0.25, 0.3) is 0 Å². The maximum Gasteiger partial charge on any atom is 0.189 e. The lowest BCUT2D eigenvalue weighted by molar-refractivity contribution is 0.0978. The van der Waals surface area contributed by atoms with E-state index < -0.39 is 0 Å². The van der Waals surface area contributed by atoms with Gasteiger partial charge in [-0.3, -0.25) is 4.79 Å². The van der Waals surface area contributed by atoms with Crippen molar-refractivity contribution in [1.29, 1.82) is 0 Å². The Morgan fingerprint density at radius 3 is 2.83 bits per heavy atom. The van der Waals surface area contributed by atoms with Crippen molar-refractivity contribution < 1.29 is 14.3 Å². The number of benzene rings is 1. The highest BCUT2D eigenvalue weighted by Gasteiger charge is 2.26. The third-order valence-corrected chi connectivity index (χ3v) is 4.56. The molecule has 1 aromatic carbocycles. The summed E-state index contributed by atoms with van der Waals surface area (Å²) < 4.78 is 10.7. The van der Waals surface area contributed by atoms with Gasteiger partial charge in [-0.2, -0.15) is 0 Å². The minimum Gasteiger partial charge on any atom is -0.497 e. The summed E-state index contributed by atoms with van der Waals surface area (Å²) in [6.07, 6.45) is 4.02. The number of rotatable bonds is 5. The molecule has 126 valence electrons. The van der Waals surface area contributed by atoms with Crippen molar-refractivity contribution in [3.8, 4) is 11.5 Å². The molecule has 2 heterocycles. The van der Waals surface area contributed by atoms with Crippen molar-refractivity contribution in [2.75, 3.05) is 31.9 Å². The van der Waals surface area contributed by atoms with Gasteiger partial charge in [0.2, 0.25) is 0 Å². The Bertz CT molecular complexity index is 767. The second kappa shape index (κ2) is 7.09. The summed E-state index contributed by atoms with van der Waals surface area (Å²) in [4.78, 5) is 23.0. The van der Waals surface area contributed by atoms with Gasteiger partial charge in [0.05, 0.1) is 19.8 Å². The van der Waals surface area contributed by atoms with E-state index in [2.05, 4.69) is 14.9 Å². The summed E-state index contributed by atoms with van der Waals surface area (Å²) >= 11 is 1.46. The SMILES string of the molecule is COc1ccc(CN2CCC(=O)c3cnc(SC)nc32)c(OC)c1. The van der Waals surface area contributed by atoms with Gasteiger partial charge < -0.3 is 14.4 Å². The molecule has 0 spiro atoms. The molecular formula is C17H19N3O3S. The van der Waals surface area contributed by atoms with Crippen molar-refractivity contribution in [1.82, 2.24) is 9.97 Å². The number of carbonyl (C=O) groups excluding carboxylic acids is 1. The molecular weight excluding hydrogens is 326 g/mol. The number of Topliss-reactive ketones (excluding diaryl/α,β-unsaturated/α-hetero) is 1. The van der Waals surface area contributed by atoms with Crippen molar-refractivity contribution in [3.05, 3.63) is 35.5 Å². The average Bonchev–Trinajstić information content (AvgIpc) is 2.63. The van der Waals surface area contributed by atoms with E-state index >= 15 is 0 Å². The van der Waals surface area contributed by atoms with Crippen LogP contribution in [0.15, 0.2) is 29.6 Å². The van der Waals surface area contributed by atoms with E-state index in [4.69, 9.17) is 9.47 Å². The van der Waals surface area contributed by atoms with Gasteiger partial charge >= 0.3 is 0 Å². The molecule has 1 aromatic heterocycles. The van der Waals surface area contributed by atoms with Gasteiger partial charge in [-0.1, -0.05) is 11.8 Å². The first-order chi connectivity index (χ1) is 11.7. The Balaban J connectivity index is 1.94. The molecule has 0 radical (unpaired) electrons. The molecule has 0 aliphatic carbocycles. The third kappa shape index (κ3) is 3.17. The van der Waals surface area contributed by atoms with Crippen LogP contribution in [-0.4, -0.2) is 42.8 Å². The molecule has 6 nitrogen and oxygen atoms in total. The zero-order chi connectivity index (χ0) is 17.1. The molecule has 0 N–H and O–H groups in total. The highest BCUT2D eigenvalue weighted by Crippen LogP contribution is 2.31. The smallest absolute Gasteiger partial charge is 0.189 e. The van der Waals surface area contributed by atoms with E-state index in [-0.39, 0.29) is 5.78 Å². The zero-order valence-electron chi connectivity index (χ0n) is 13.9. The number of anilines is 1. The number of nitrogens with zero attached hydrogens (tertiary/aromatic N) is 3. The van der Waals surface area contributed by atoms with Gasteiger partial charge in [0.15, 0.2) is 10.9 Å². The van der Waals surface area contributed by atoms with Crippen LogP contribution in [0.2, 0.25) is 0 Å². The monoisotopic (exact) mass is 345 g/mol. The van der Waals surface area contributed by atoms with Crippen LogP contribution in [0, 0.1) is 0 Å². The number of aromatic nitrogens is 2. The lowest BCUT2D eigenvalue weighted by Gasteiger charge is -2.29. The number of ketones is 1. The Kier molecular flexibility index (Phi) is 4.89. The summed E-state index contributed by atoms with van der Waals surface area (Å²) in [5, 5.41) is 0.662. The van der Waals surface area contributed by atoms with Crippen LogP contribution in [0.1, 0.15) is 22.3 Å². The van der Waals surface area contributed by atoms with Gasteiger partial charge in [-0.25, -0.2) is 9.97 Å². The Hall–Kier alpha value is -2.28. The average molecular weight is 345 g/mol. The van der Waals surface area contributed by atoms with Crippen LogP contribution in [0.5, 0.6) is 11.5 Å². The van der Waals surface area contributed by atoms with Crippen molar-refractivity contribution >= 4 is 23.4 Å². The van der Waals surface area contributed by atoms with Crippen LogP contribution < -0.4 is 14.4 Å². The van der Waals surface area contributed by atoms with Crippen molar-refractivity contribution in [2.24, 2.45) is 0 Å². The number of fused-ring (bicyclic) bond motifs is 1. The van der Waals surface area contributed by atoms with Gasteiger partial charge in [0, 0.05) is 37.3 Å². The number of carbonyl (C=O) groups is 1. The Morgan fingerprint density at radius 2 is 2.12 bits per heavy atom. The lowest BCUT2D eigenvalue weighted by atomic mass is 10.0. The molecule has 0 bridgehead atoms. The molecule has 0 atom stereocenters. The molecule has 1 aliphatic rings. The fourth-order valence-electron chi connectivity index (χ4n) is 2.71. The first-order valence-electron chi connectivity index (χ1n) is 7.56. The number of ether oxygens (including phenoxy) is 2. The Labute approximate surface area is 145 Å². The molecule has 0 saturated heterocycles. The normalized spacial score (nSPS) is 13.6. The van der Waals surface area contributed by atoms with E-state index in [1.807, 2.05) is 24.5 Å². The van der Waals surface area contributed by atoms with Crippen LogP contribution in [0.3, 0.4) is 0 Å². The predicted molar refractivity (Wildman–Crippen MR) is 93.4 cm³/mol. The number of thioether (sulfide) groups is 1. The molecule has 0 fully saturated rings.